The highest BCUT2D eigenvalue weighted by Gasteiger charge is 2.34. The molecule has 0 radical (unpaired) electrons. The van der Waals surface area contributed by atoms with Crippen molar-refractivity contribution in [3.63, 3.8) is 0 Å². The van der Waals surface area contributed by atoms with Gasteiger partial charge < -0.3 is 9.47 Å². The highest BCUT2D eigenvalue weighted by molar-refractivity contribution is 5.96. The minimum Gasteiger partial charge on any atom is -0.327 e. The molecule has 3 aromatic carbocycles. The molecule has 2 heterocycles. The average Bonchev–Trinajstić information content (AvgIpc) is 3.39. The van der Waals surface area contributed by atoms with Crippen LogP contribution in [0.2, 0.25) is 0 Å². The molecule has 1 aromatic heterocycles. The molecule has 4 heteroatoms. The fourth-order valence-corrected chi connectivity index (χ4v) is 4.57. The first-order valence-corrected chi connectivity index (χ1v) is 11.1. The summed E-state index contributed by atoms with van der Waals surface area (Å²) in [4.78, 5) is 19.8. The standard InChI is InChI=1S/C27H27N3O/c1-2-20-12-14-23(15-13-20)30-19-22(18-26(30)31)27-28-24-10-6-7-11-25(24)29(27)17-16-21-8-4-3-5-9-21/h3-15,22H,2,16-19H2,1H3. The maximum Gasteiger partial charge on any atom is 0.227 e. The normalized spacial score (nSPS) is 16.4. The van der Waals surface area contributed by atoms with Crippen molar-refractivity contribution in [3.05, 3.63) is 95.8 Å². The first kappa shape index (κ1) is 19.6. The van der Waals surface area contributed by atoms with E-state index in [-0.39, 0.29) is 11.8 Å². The molecular weight excluding hydrogens is 382 g/mol. The van der Waals surface area contributed by atoms with Crippen molar-refractivity contribution in [2.75, 3.05) is 11.4 Å². The summed E-state index contributed by atoms with van der Waals surface area (Å²) >= 11 is 0. The van der Waals surface area contributed by atoms with Gasteiger partial charge >= 0.3 is 0 Å². The fraction of sp³-hybridized carbons (Fsp3) is 0.259. The van der Waals surface area contributed by atoms with Gasteiger partial charge in [0.25, 0.3) is 0 Å². The lowest BCUT2D eigenvalue weighted by atomic mass is 10.1. The molecule has 5 rings (SSSR count). The summed E-state index contributed by atoms with van der Waals surface area (Å²) in [5, 5.41) is 0. The Balaban J connectivity index is 1.44. The minimum absolute atomic E-state index is 0.0986. The third-order valence-corrected chi connectivity index (χ3v) is 6.30. The highest BCUT2D eigenvalue weighted by Crippen LogP contribution is 2.33. The van der Waals surface area contributed by atoms with E-state index in [0.29, 0.717) is 13.0 Å². The van der Waals surface area contributed by atoms with Gasteiger partial charge in [-0.15, -0.1) is 0 Å². The van der Waals surface area contributed by atoms with Crippen molar-refractivity contribution in [2.24, 2.45) is 0 Å². The number of rotatable bonds is 6. The van der Waals surface area contributed by atoms with Gasteiger partial charge in [-0.2, -0.15) is 0 Å². The number of carbonyl (C=O) groups is 1. The molecule has 1 atom stereocenters. The molecule has 0 aliphatic carbocycles. The second kappa shape index (κ2) is 8.38. The first-order chi connectivity index (χ1) is 15.2. The number of hydrogen-bond acceptors (Lipinski definition) is 2. The van der Waals surface area contributed by atoms with Crippen LogP contribution in [0, 0.1) is 0 Å². The van der Waals surface area contributed by atoms with Crippen LogP contribution in [0.4, 0.5) is 5.69 Å². The number of amides is 1. The number of benzene rings is 3. The average molecular weight is 410 g/mol. The number of anilines is 1. The van der Waals surface area contributed by atoms with Crippen LogP contribution in [0.5, 0.6) is 0 Å². The van der Waals surface area contributed by atoms with Gasteiger partial charge in [0.2, 0.25) is 5.91 Å². The molecule has 4 aromatic rings. The zero-order valence-electron chi connectivity index (χ0n) is 17.9. The second-order valence-corrected chi connectivity index (χ2v) is 8.27. The van der Waals surface area contributed by atoms with E-state index < -0.39 is 0 Å². The van der Waals surface area contributed by atoms with Crippen LogP contribution < -0.4 is 4.90 Å². The molecule has 0 saturated carbocycles. The summed E-state index contributed by atoms with van der Waals surface area (Å²) in [6.07, 6.45) is 2.45. The van der Waals surface area contributed by atoms with E-state index in [1.54, 1.807) is 0 Å². The Hall–Kier alpha value is -3.40. The molecule has 1 amide bonds. The zero-order chi connectivity index (χ0) is 21.2. The molecule has 0 N–H and O–H groups in total. The third kappa shape index (κ3) is 3.86. The Kier molecular flexibility index (Phi) is 5.29. The van der Waals surface area contributed by atoms with Crippen molar-refractivity contribution in [2.45, 2.75) is 38.6 Å². The molecule has 0 spiro atoms. The van der Waals surface area contributed by atoms with Crippen LogP contribution in [0.1, 0.15) is 36.2 Å². The number of hydrogen-bond donors (Lipinski definition) is 0. The van der Waals surface area contributed by atoms with Gasteiger partial charge in [-0.3, -0.25) is 4.79 Å². The summed E-state index contributed by atoms with van der Waals surface area (Å²) in [5.41, 5.74) is 5.73. The topological polar surface area (TPSA) is 38.1 Å². The van der Waals surface area contributed by atoms with Crippen LogP contribution in [0.3, 0.4) is 0 Å². The van der Waals surface area contributed by atoms with Crippen molar-refractivity contribution >= 4 is 22.6 Å². The molecule has 31 heavy (non-hydrogen) atoms. The van der Waals surface area contributed by atoms with Gasteiger partial charge in [0.1, 0.15) is 5.82 Å². The summed E-state index contributed by atoms with van der Waals surface area (Å²) < 4.78 is 2.32. The molecule has 4 nitrogen and oxygen atoms in total. The number of para-hydroxylation sites is 2. The first-order valence-electron chi connectivity index (χ1n) is 11.1. The van der Waals surface area contributed by atoms with E-state index in [1.807, 2.05) is 17.0 Å². The largest absolute Gasteiger partial charge is 0.327 e. The molecule has 1 fully saturated rings. The van der Waals surface area contributed by atoms with E-state index in [4.69, 9.17) is 4.98 Å². The maximum atomic E-state index is 12.9. The van der Waals surface area contributed by atoms with E-state index in [9.17, 15) is 4.79 Å². The molecule has 1 aliphatic heterocycles. The SMILES string of the molecule is CCc1ccc(N2CC(c3nc4ccccc4n3CCc3ccccc3)CC2=O)cc1. The van der Waals surface area contributed by atoms with Gasteiger partial charge in [-0.05, 0) is 48.2 Å². The fourth-order valence-electron chi connectivity index (χ4n) is 4.57. The molecule has 1 unspecified atom stereocenters. The van der Waals surface area contributed by atoms with Crippen molar-refractivity contribution < 1.29 is 4.79 Å². The van der Waals surface area contributed by atoms with E-state index in [0.717, 1.165) is 41.9 Å². The molecule has 1 aliphatic rings. The molecular formula is C27H27N3O. The second-order valence-electron chi connectivity index (χ2n) is 8.27. The minimum atomic E-state index is 0.0986. The van der Waals surface area contributed by atoms with E-state index in [2.05, 4.69) is 78.2 Å². The van der Waals surface area contributed by atoms with Gasteiger partial charge in [-0.25, -0.2) is 4.98 Å². The maximum absolute atomic E-state index is 12.9. The van der Waals surface area contributed by atoms with Gasteiger partial charge in [0.05, 0.1) is 11.0 Å². The Morgan fingerprint density at radius 1 is 0.903 bits per heavy atom. The Morgan fingerprint density at radius 2 is 1.65 bits per heavy atom. The predicted octanol–water partition coefficient (Wildman–Crippen LogP) is 5.36. The lowest BCUT2D eigenvalue weighted by Gasteiger charge is -2.18. The van der Waals surface area contributed by atoms with Crippen LogP contribution in [0.25, 0.3) is 11.0 Å². The van der Waals surface area contributed by atoms with Crippen molar-refractivity contribution in [3.8, 4) is 0 Å². The van der Waals surface area contributed by atoms with Crippen LogP contribution in [0.15, 0.2) is 78.9 Å². The number of carbonyl (C=O) groups excluding carboxylic acids is 1. The van der Waals surface area contributed by atoms with Gasteiger partial charge in [-0.1, -0.05) is 61.5 Å². The van der Waals surface area contributed by atoms with E-state index >= 15 is 0 Å². The third-order valence-electron chi connectivity index (χ3n) is 6.30. The van der Waals surface area contributed by atoms with Crippen LogP contribution in [-0.2, 0) is 24.2 Å². The lowest BCUT2D eigenvalue weighted by Crippen LogP contribution is -2.24. The molecule has 1 saturated heterocycles. The summed E-state index contributed by atoms with van der Waals surface area (Å²) in [6.45, 7) is 3.68. The number of aryl methyl sites for hydroxylation is 3. The zero-order valence-corrected chi connectivity index (χ0v) is 17.9. The van der Waals surface area contributed by atoms with E-state index in [1.165, 1.54) is 11.1 Å². The van der Waals surface area contributed by atoms with Gasteiger partial charge in [0.15, 0.2) is 0 Å². The summed E-state index contributed by atoms with van der Waals surface area (Å²) in [6, 6.07) is 27.2. The Bertz CT molecular complexity index is 1190. The number of nitrogens with zero attached hydrogens (tertiary/aromatic N) is 3. The Labute approximate surface area is 183 Å². The molecule has 0 bridgehead atoms. The highest BCUT2D eigenvalue weighted by atomic mass is 16.2. The quantitative estimate of drug-likeness (QED) is 0.430. The number of fused-ring (bicyclic) bond motifs is 1. The number of aromatic nitrogens is 2. The lowest BCUT2D eigenvalue weighted by molar-refractivity contribution is -0.117. The van der Waals surface area contributed by atoms with Crippen LogP contribution in [-0.4, -0.2) is 22.0 Å². The van der Waals surface area contributed by atoms with Crippen molar-refractivity contribution in [1.29, 1.82) is 0 Å². The van der Waals surface area contributed by atoms with Crippen LogP contribution >= 0.6 is 0 Å². The predicted molar refractivity (Wildman–Crippen MR) is 125 cm³/mol. The van der Waals surface area contributed by atoms with Crippen molar-refractivity contribution in [1.82, 2.24) is 9.55 Å². The summed E-state index contributed by atoms with van der Waals surface area (Å²) in [7, 11) is 0. The Morgan fingerprint density at radius 3 is 2.42 bits per heavy atom. The monoisotopic (exact) mass is 409 g/mol. The number of imidazole rings is 1. The smallest absolute Gasteiger partial charge is 0.227 e. The molecule has 156 valence electrons. The summed E-state index contributed by atoms with van der Waals surface area (Å²) in [5.74, 6) is 1.30. The van der Waals surface area contributed by atoms with Gasteiger partial charge in [0, 0.05) is 31.1 Å².